The number of fused-ring (bicyclic) bond motifs is 7. The molecular weight excluding hydrogens is 663 g/mol. The number of nitrogens with zero attached hydrogens (tertiary/aromatic N) is 5. The Morgan fingerprint density at radius 1 is 0.481 bits per heavy atom. The average Bonchev–Trinajstić information content (AvgIpc) is 3.87. The van der Waals surface area contributed by atoms with Crippen molar-refractivity contribution in [3.05, 3.63) is 176 Å². The molecule has 54 heavy (non-hydrogen) atoms. The quantitative estimate of drug-likeness (QED) is 0.179. The molecule has 252 valence electrons. The molecule has 0 radical (unpaired) electrons. The summed E-state index contributed by atoms with van der Waals surface area (Å²) in [5.41, 5.74) is 6.66. The third-order valence-corrected chi connectivity index (χ3v) is 9.82. The first-order valence-electron chi connectivity index (χ1n) is 20.9. The monoisotopic (exact) mass is 698 g/mol. The number of para-hydroxylation sites is 5. The predicted molar refractivity (Wildman–Crippen MR) is 218 cm³/mol. The van der Waals surface area contributed by atoms with Crippen LogP contribution in [0.3, 0.4) is 0 Å². The van der Waals surface area contributed by atoms with E-state index in [-0.39, 0.29) is 57.8 Å². The minimum absolute atomic E-state index is 0.0555. The van der Waals surface area contributed by atoms with E-state index in [2.05, 4.69) is 11.1 Å². The van der Waals surface area contributed by atoms with Crippen molar-refractivity contribution in [1.82, 2.24) is 24.5 Å². The molecule has 0 unspecified atom stereocenters. The van der Waals surface area contributed by atoms with Crippen molar-refractivity contribution in [2.75, 3.05) is 0 Å². The van der Waals surface area contributed by atoms with Crippen molar-refractivity contribution in [2.45, 2.75) is 0 Å². The Balaban J connectivity index is 1.19. The van der Waals surface area contributed by atoms with E-state index in [1.54, 1.807) is 22.9 Å². The zero-order valence-corrected chi connectivity index (χ0v) is 28.3. The molecule has 0 aliphatic rings. The van der Waals surface area contributed by atoms with Crippen LogP contribution in [0.2, 0.25) is 0 Å². The van der Waals surface area contributed by atoms with Gasteiger partial charge in [0.15, 0.2) is 17.5 Å². The summed E-state index contributed by atoms with van der Waals surface area (Å²) in [4.78, 5) is 19.9. The standard InChI is InChI=1S/C48H29N5O/c1-5-24-41-34(15-1)35-16-2-6-25-42(35)53(41)43-26-7-3-18-39(43)48-51-46(50-47(52-48)38-21-11-23-40-33(38)22-12-28-49-40)31-14-9-13-30(29-31)32-19-10-20-37-36-17-4-8-27-44(36)54-45(32)37/h1-29H/i1D,2D,5D,15D,16D,24D,25D. The summed E-state index contributed by atoms with van der Waals surface area (Å²) in [6.07, 6.45) is 1.73. The van der Waals surface area contributed by atoms with E-state index in [0.29, 0.717) is 28.5 Å². The highest BCUT2D eigenvalue weighted by Crippen LogP contribution is 2.39. The summed E-state index contributed by atoms with van der Waals surface area (Å²) in [6, 6.07) is 37.8. The second-order valence-corrected chi connectivity index (χ2v) is 12.9. The Kier molecular flexibility index (Phi) is 5.35. The molecule has 6 nitrogen and oxygen atoms in total. The van der Waals surface area contributed by atoms with E-state index >= 15 is 0 Å². The van der Waals surface area contributed by atoms with Gasteiger partial charge in [0, 0.05) is 55.4 Å². The lowest BCUT2D eigenvalue weighted by Gasteiger charge is -2.15. The average molecular weight is 699 g/mol. The SMILES string of the molecule is [2H]c1cc([2H])c2c(c1[2H])c1c([2H])c([2H])c([2H])c([2H])c1n2-c1ccccc1-c1nc(-c2cccc(-c3cccc4c3oc3ccccc34)c2)nc(-c2cccc3ncccc23)n1. The zero-order valence-electron chi connectivity index (χ0n) is 35.3. The lowest BCUT2D eigenvalue weighted by Crippen LogP contribution is -2.04. The van der Waals surface area contributed by atoms with E-state index in [0.717, 1.165) is 49.5 Å². The number of benzene rings is 7. The van der Waals surface area contributed by atoms with Crippen molar-refractivity contribution in [3.63, 3.8) is 0 Å². The fourth-order valence-corrected chi connectivity index (χ4v) is 7.41. The molecule has 6 heteroatoms. The summed E-state index contributed by atoms with van der Waals surface area (Å²) < 4.78 is 69.7. The smallest absolute Gasteiger partial charge is 0.166 e. The van der Waals surface area contributed by atoms with Gasteiger partial charge in [-0.05, 0) is 54.0 Å². The highest BCUT2D eigenvalue weighted by molar-refractivity contribution is 6.10. The van der Waals surface area contributed by atoms with E-state index in [4.69, 9.17) is 29.0 Å². The molecule has 0 saturated heterocycles. The minimum atomic E-state index is -0.471. The number of hydrogen-bond acceptors (Lipinski definition) is 5. The molecule has 0 amide bonds. The normalized spacial score (nSPS) is 13.5. The molecule has 7 aromatic carbocycles. The van der Waals surface area contributed by atoms with Gasteiger partial charge in [-0.15, -0.1) is 0 Å². The highest BCUT2D eigenvalue weighted by atomic mass is 16.3. The summed E-state index contributed by atoms with van der Waals surface area (Å²) >= 11 is 0. The van der Waals surface area contributed by atoms with E-state index in [1.807, 2.05) is 103 Å². The molecule has 4 heterocycles. The van der Waals surface area contributed by atoms with Crippen LogP contribution < -0.4 is 0 Å². The number of hydrogen-bond donors (Lipinski definition) is 0. The lowest BCUT2D eigenvalue weighted by atomic mass is 10.00. The molecule has 0 spiro atoms. The van der Waals surface area contributed by atoms with Crippen LogP contribution >= 0.6 is 0 Å². The van der Waals surface area contributed by atoms with Gasteiger partial charge in [0.25, 0.3) is 0 Å². The summed E-state index contributed by atoms with van der Waals surface area (Å²) in [5, 5.41) is 3.01. The Morgan fingerprint density at radius 2 is 1.17 bits per heavy atom. The first kappa shape index (κ1) is 23.9. The lowest BCUT2D eigenvalue weighted by molar-refractivity contribution is 0.670. The predicted octanol–water partition coefficient (Wildman–Crippen LogP) is 12.1. The molecule has 0 fully saturated rings. The van der Waals surface area contributed by atoms with Gasteiger partial charge in [0.2, 0.25) is 0 Å². The third-order valence-electron chi connectivity index (χ3n) is 9.82. The first-order valence-corrected chi connectivity index (χ1v) is 17.4. The first-order chi connectivity index (χ1) is 29.7. The molecule has 0 N–H and O–H groups in total. The fourth-order valence-electron chi connectivity index (χ4n) is 7.41. The summed E-state index contributed by atoms with van der Waals surface area (Å²) in [7, 11) is 0. The van der Waals surface area contributed by atoms with Crippen molar-refractivity contribution >= 4 is 54.6 Å². The zero-order chi connectivity index (χ0) is 41.7. The molecule has 0 aliphatic heterocycles. The van der Waals surface area contributed by atoms with Crippen LogP contribution in [0.25, 0.3) is 106 Å². The molecular formula is C48H29N5O. The Labute approximate surface area is 319 Å². The van der Waals surface area contributed by atoms with Gasteiger partial charge in [-0.25, -0.2) is 15.0 Å². The van der Waals surface area contributed by atoms with Crippen molar-refractivity contribution in [1.29, 1.82) is 0 Å². The van der Waals surface area contributed by atoms with Gasteiger partial charge < -0.3 is 8.98 Å². The van der Waals surface area contributed by atoms with Crippen molar-refractivity contribution in [3.8, 4) is 51.0 Å². The van der Waals surface area contributed by atoms with Crippen molar-refractivity contribution in [2.24, 2.45) is 0 Å². The van der Waals surface area contributed by atoms with Crippen LogP contribution in [0.1, 0.15) is 9.60 Å². The van der Waals surface area contributed by atoms with Gasteiger partial charge in [-0.1, -0.05) is 121 Å². The number of rotatable bonds is 5. The van der Waals surface area contributed by atoms with Crippen LogP contribution in [0, 0.1) is 0 Å². The number of furan rings is 1. The van der Waals surface area contributed by atoms with E-state index < -0.39 is 12.1 Å². The molecule has 4 aromatic heterocycles. The van der Waals surface area contributed by atoms with Gasteiger partial charge in [-0.3, -0.25) is 4.98 Å². The summed E-state index contributed by atoms with van der Waals surface area (Å²) in [5.74, 6) is 0.995. The van der Waals surface area contributed by atoms with Crippen molar-refractivity contribution < 1.29 is 14.0 Å². The molecule has 0 aliphatic carbocycles. The van der Waals surface area contributed by atoms with Crippen LogP contribution in [0.4, 0.5) is 0 Å². The molecule has 0 bridgehead atoms. The van der Waals surface area contributed by atoms with Crippen LogP contribution in [0.5, 0.6) is 0 Å². The Hall–Kier alpha value is -7.44. The van der Waals surface area contributed by atoms with Gasteiger partial charge in [-0.2, -0.15) is 0 Å². The fraction of sp³-hybridized carbons (Fsp3) is 0. The second-order valence-electron chi connectivity index (χ2n) is 12.9. The molecule has 11 rings (SSSR count). The van der Waals surface area contributed by atoms with Gasteiger partial charge >= 0.3 is 0 Å². The maximum atomic E-state index is 9.13. The highest BCUT2D eigenvalue weighted by Gasteiger charge is 2.20. The van der Waals surface area contributed by atoms with Gasteiger partial charge in [0.1, 0.15) is 11.2 Å². The van der Waals surface area contributed by atoms with Crippen LogP contribution in [0.15, 0.2) is 180 Å². The maximum absolute atomic E-state index is 9.13. The topological polar surface area (TPSA) is 69.6 Å². The third kappa shape index (κ3) is 4.74. The van der Waals surface area contributed by atoms with E-state index in [1.165, 1.54) is 6.07 Å². The maximum Gasteiger partial charge on any atom is 0.166 e. The summed E-state index contributed by atoms with van der Waals surface area (Å²) in [6.45, 7) is 0. The van der Waals surface area contributed by atoms with Crippen LogP contribution in [-0.2, 0) is 0 Å². The van der Waals surface area contributed by atoms with E-state index in [9.17, 15) is 0 Å². The number of pyridine rings is 1. The Morgan fingerprint density at radius 3 is 2.13 bits per heavy atom. The van der Waals surface area contributed by atoms with Gasteiger partial charge in [0.05, 0.1) is 31.8 Å². The second kappa shape index (κ2) is 12.1. The molecule has 0 atom stereocenters. The van der Waals surface area contributed by atoms with Crippen LogP contribution in [-0.4, -0.2) is 24.5 Å². The Bertz CT molecular complexity index is 3650. The number of aromatic nitrogens is 5. The molecule has 11 aromatic rings. The largest absolute Gasteiger partial charge is 0.455 e. The molecule has 0 saturated carbocycles. The minimum Gasteiger partial charge on any atom is -0.455 e.